The predicted octanol–water partition coefficient (Wildman–Crippen LogP) is 2.57. The third kappa shape index (κ3) is 4.48. The van der Waals surface area contributed by atoms with Gasteiger partial charge in [0, 0.05) is 25.6 Å². The van der Waals surface area contributed by atoms with E-state index in [2.05, 4.69) is 5.32 Å². The summed E-state index contributed by atoms with van der Waals surface area (Å²) in [5, 5.41) is 3.22. The average Bonchev–Trinajstić information content (AvgIpc) is 3.20. The first kappa shape index (κ1) is 21.8. The SMILES string of the molecule is Cl.NCC1CCCN1C(=O)CCC1NC(=O)N(c2ccc(Cl)c(Cl)c2)C1=O. The van der Waals surface area contributed by atoms with Gasteiger partial charge in [0.15, 0.2) is 0 Å². The Morgan fingerprint density at radius 3 is 2.67 bits per heavy atom. The van der Waals surface area contributed by atoms with Gasteiger partial charge in [-0.3, -0.25) is 9.59 Å². The molecular weight excluding hydrogens is 415 g/mol. The summed E-state index contributed by atoms with van der Waals surface area (Å²) >= 11 is 11.8. The van der Waals surface area contributed by atoms with E-state index in [4.69, 9.17) is 28.9 Å². The molecule has 1 aromatic carbocycles. The van der Waals surface area contributed by atoms with Gasteiger partial charge in [-0.2, -0.15) is 0 Å². The number of likely N-dealkylation sites (tertiary alicyclic amines) is 1. The van der Waals surface area contributed by atoms with Gasteiger partial charge in [0.25, 0.3) is 5.91 Å². The smallest absolute Gasteiger partial charge is 0.329 e. The Hall–Kier alpha value is -1.54. The largest absolute Gasteiger partial charge is 0.338 e. The molecule has 0 bridgehead atoms. The van der Waals surface area contributed by atoms with E-state index >= 15 is 0 Å². The molecule has 0 radical (unpaired) electrons. The van der Waals surface area contributed by atoms with Gasteiger partial charge < -0.3 is 16.0 Å². The molecular formula is C17H21Cl3N4O3. The van der Waals surface area contributed by atoms with Crippen LogP contribution in [0.15, 0.2) is 18.2 Å². The molecule has 3 rings (SSSR count). The number of rotatable bonds is 5. The molecule has 0 spiro atoms. The molecule has 27 heavy (non-hydrogen) atoms. The lowest BCUT2D eigenvalue weighted by molar-refractivity contribution is -0.132. The van der Waals surface area contributed by atoms with E-state index in [-0.39, 0.29) is 42.2 Å². The van der Waals surface area contributed by atoms with E-state index in [1.54, 1.807) is 11.0 Å². The summed E-state index contributed by atoms with van der Waals surface area (Å²) in [6, 6.07) is 3.34. The van der Waals surface area contributed by atoms with Gasteiger partial charge in [0.2, 0.25) is 5.91 Å². The highest BCUT2D eigenvalue weighted by Gasteiger charge is 2.39. The molecule has 2 fully saturated rings. The number of hydrogen-bond acceptors (Lipinski definition) is 4. The maximum Gasteiger partial charge on any atom is 0.329 e. The Kier molecular flexibility index (Phi) is 7.33. The van der Waals surface area contributed by atoms with E-state index in [1.165, 1.54) is 12.1 Å². The highest BCUT2D eigenvalue weighted by atomic mass is 35.5. The number of nitrogens with one attached hydrogen (secondary N) is 1. The molecule has 2 aliphatic rings. The first-order chi connectivity index (χ1) is 12.4. The Morgan fingerprint density at radius 2 is 2.00 bits per heavy atom. The molecule has 4 amide bonds. The van der Waals surface area contributed by atoms with Crippen molar-refractivity contribution in [3.63, 3.8) is 0 Å². The van der Waals surface area contributed by atoms with E-state index in [1.807, 2.05) is 0 Å². The van der Waals surface area contributed by atoms with Crippen molar-refractivity contribution in [2.24, 2.45) is 5.73 Å². The van der Waals surface area contributed by atoms with Crippen LogP contribution in [0.1, 0.15) is 25.7 Å². The van der Waals surface area contributed by atoms with Crippen molar-refractivity contribution in [1.82, 2.24) is 10.2 Å². The van der Waals surface area contributed by atoms with Crippen LogP contribution >= 0.6 is 35.6 Å². The molecule has 10 heteroatoms. The molecule has 7 nitrogen and oxygen atoms in total. The number of nitrogens with two attached hydrogens (primary N) is 1. The number of imide groups is 1. The number of carbonyl (C=O) groups is 3. The highest BCUT2D eigenvalue weighted by Crippen LogP contribution is 2.29. The molecule has 2 aliphatic heterocycles. The predicted molar refractivity (Wildman–Crippen MR) is 107 cm³/mol. The number of benzene rings is 1. The number of halogens is 3. The van der Waals surface area contributed by atoms with Gasteiger partial charge in [-0.1, -0.05) is 23.2 Å². The van der Waals surface area contributed by atoms with Crippen molar-refractivity contribution in [2.75, 3.05) is 18.0 Å². The fraction of sp³-hybridized carbons (Fsp3) is 0.471. The second-order valence-corrected chi connectivity index (χ2v) is 7.25. The van der Waals surface area contributed by atoms with Crippen molar-refractivity contribution in [1.29, 1.82) is 0 Å². The molecule has 2 saturated heterocycles. The van der Waals surface area contributed by atoms with Crippen LogP contribution in [0.25, 0.3) is 0 Å². The van der Waals surface area contributed by atoms with Crippen molar-refractivity contribution in [3.05, 3.63) is 28.2 Å². The molecule has 0 aliphatic carbocycles. The average molecular weight is 436 g/mol. The molecule has 1 aromatic rings. The summed E-state index contributed by atoms with van der Waals surface area (Å²) in [7, 11) is 0. The van der Waals surface area contributed by atoms with Gasteiger partial charge in [-0.25, -0.2) is 9.69 Å². The number of urea groups is 1. The van der Waals surface area contributed by atoms with Gasteiger partial charge in [-0.05, 0) is 37.5 Å². The minimum atomic E-state index is -0.736. The summed E-state index contributed by atoms with van der Waals surface area (Å²) in [5.41, 5.74) is 6.04. The Labute approximate surface area is 173 Å². The number of hydrogen-bond donors (Lipinski definition) is 2. The zero-order valence-corrected chi connectivity index (χ0v) is 16.8. The van der Waals surface area contributed by atoms with Crippen molar-refractivity contribution < 1.29 is 14.4 Å². The lowest BCUT2D eigenvalue weighted by Crippen LogP contribution is -2.40. The van der Waals surface area contributed by atoms with Gasteiger partial charge >= 0.3 is 6.03 Å². The van der Waals surface area contributed by atoms with Crippen LogP contribution in [0, 0.1) is 0 Å². The number of nitrogens with zero attached hydrogens (tertiary/aromatic N) is 2. The summed E-state index contributed by atoms with van der Waals surface area (Å²) in [5.74, 6) is -0.439. The van der Waals surface area contributed by atoms with E-state index < -0.39 is 18.0 Å². The second-order valence-electron chi connectivity index (χ2n) is 6.43. The number of amides is 4. The van der Waals surface area contributed by atoms with Crippen molar-refractivity contribution >= 4 is 59.1 Å². The zero-order valence-electron chi connectivity index (χ0n) is 14.5. The first-order valence-corrected chi connectivity index (χ1v) is 9.27. The van der Waals surface area contributed by atoms with Crippen LogP contribution in [0.2, 0.25) is 10.0 Å². The topological polar surface area (TPSA) is 95.7 Å². The fourth-order valence-electron chi connectivity index (χ4n) is 3.42. The van der Waals surface area contributed by atoms with Gasteiger partial charge in [-0.15, -0.1) is 12.4 Å². The minimum absolute atomic E-state index is 0. The maximum absolute atomic E-state index is 12.6. The molecule has 148 valence electrons. The first-order valence-electron chi connectivity index (χ1n) is 8.51. The van der Waals surface area contributed by atoms with Crippen LogP contribution in [0.4, 0.5) is 10.5 Å². The molecule has 0 aromatic heterocycles. The summed E-state index contributed by atoms with van der Waals surface area (Å²) in [6.07, 6.45) is 2.28. The molecule has 0 saturated carbocycles. The van der Waals surface area contributed by atoms with Crippen molar-refractivity contribution in [2.45, 2.75) is 37.8 Å². The van der Waals surface area contributed by atoms with Crippen LogP contribution in [0.3, 0.4) is 0 Å². The van der Waals surface area contributed by atoms with Crippen LogP contribution in [-0.2, 0) is 9.59 Å². The normalized spacial score (nSPS) is 22.0. The quantitative estimate of drug-likeness (QED) is 0.695. The van der Waals surface area contributed by atoms with Crippen LogP contribution < -0.4 is 16.0 Å². The summed E-state index contributed by atoms with van der Waals surface area (Å²) in [4.78, 5) is 40.0. The number of anilines is 1. The standard InChI is InChI=1S/C17H20Cl2N4O3.ClH/c18-12-4-3-10(8-13(12)19)23-16(25)14(21-17(23)26)5-6-15(24)22-7-1-2-11(22)9-20;/h3-4,8,11,14H,1-2,5-7,9,20H2,(H,21,26);1H. The lowest BCUT2D eigenvalue weighted by Gasteiger charge is -2.23. The van der Waals surface area contributed by atoms with Gasteiger partial charge in [0.1, 0.15) is 6.04 Å². The summed E-state index contributed by atoms with van der Waals surface area (Å²) < 4.78 is 0. The Bertz CT molecular complexity index is 746. The second kappa shape index (κ2) is 9.10. The Balaban J connectivity index is 0.00000261. The third-order valence-electron chi connectivity index (χ3n) is 4.80. The summed E-state index contributed by atoms with van der Waals surface area (Å²) in [6.45, 7) is 1.14. The minimum Gasteiger partial charge on any atom is -0.338 e. The van der Waals surface area contributed by atoms with Gasteiger partial charge in [0.05, 0.1) is 15.7 Å². The van der Waals surface area contributed by atoms with Crippen LogP contribution in [0.5, 0.6) is 0 Å². The molecule has 2 unspecified atom stereocenters. The van der Waals surface area contributed by atoms with Crippen molar-refractivity contribution in [3.8, 4) is 0 Å². The van der Waals surface area contributed by atoms with Crippen LogP contribution in [-0.4, -0.2) is 47.9 Å². The van der Waals surface area contributed by atoms with E-state index in [0.717, 1.165) is 17.7 Å². The van der Waals surface area contributed by atoms with E-state index in [0.29, 0.717) is 23.8 Å². The third-order valence-corrected chi connectivity index (χ3v) is 5.54. The highest BCUT2D eigenvalue weighted by molar-refractivity contribution is 6.42. The maximum atomic E-state index is 12.6. The van der Waals surface area contributed by atoms with E-state index in [9.17, 15) is 14.4 Å². The zero-order chi connectivity index (χ0) is 18.8. The lowest BCUT2D eigenvalue weighted by atomic mass is 10.1. The Morgan fingerprint density at radius 1 is 1.26 bits per heavy atom. The molecule has 3 N–H and O–H groups in total. The molecule has 2 atom stereocenters. The monoisotopic (exact) mass is 434 g/mol. The fourth-order valence-corrected chi connectivity index (χ4v) is 3.71. The molecule has 2 heterocycles. The number of carbonyl (C=O) groups excluding carboxylic acids is 3.